The van der Waals surface area contributed by atoms with Gasteiger partial charge in [0.15, 0.2) is 11.0 Å². The summed E-state index contributed by atoms with van der Waals surface area (Å²) in [6.45, 7) is 2.56. The minimum atomic E-state index is -0.316. The minimum absolute atomic E-state index is 0.0883. The van der Waals surface area contributed by atoms with Gasteiger partial charge in [-0.25, -0.2) is 4.39 Å². The van der Waals surface area contributed by atoms with Crippen LogP contribution in [0.3, 0.4) is 0 Å². The molecule has 34 heavy (non-hydrogen) atoms. The van der Waals surface area contributed by atoms with E-state index in [0.717, 1.165) is 22.6 Å². The maximum atomic E-state index is 13.5. The van der Waals surface area contributed by atoms with E-state index >= 15 is 0 Å². The molecule has 6 nitrogen and oxygen atoms in total. The predicted octanol–water partition coefficient (Wildman–Crippen LogP) is 5.04. The van der Waals surface area contributed by atoms with Crippen molar-refractivity contribution in [3.8, 4) is 11.4 Å². The number of carbonyl (C=O) groups is 1. The largest absolute Gasteiger partial charge is 0.485 e. The number of nitrogens with zero attached hydrogens (tertiary/aromatic N) is 4. The lowest BCUT2D eigenvalue weighted by molar-refractivity contribution is -0.127. The summed E-state index contributed by atoms with van der Waals surface area (Å²) in [4.78, 5) is 14.3. The van der Waals surface area contributed by atoms with Crippen molar-refractivity contribution >= 4 is 17.7 Å². The third-order valence-electron chi connectivity index (χ3n) is 5.22. The lowest BCUT2D eigenvalue weighted by atomic mass is 10.2. The van der Waals surface area contributed by atoms with Crippen LogP contribution in [0.1, 0.15) is 17.0 Å². The van der Waals surface area contributed by atoms with Crippen molar-refractivity contribution in [1.29, 1.82) is 0 Å². The second-order valence-electron chi connectivity index (χ2n) is 7.79. The van der Waals surface area contributed by atoms with E-state index in [1.807, 2.05) is 66.1 Å². The highest BCUT2D eigenvalue weighted by Crippen LogP contribution is 2.24. The summed E-state index contributed by atoms with van der Waals surface area (Å²) in [5, 5.41) is 9.27. The van der Waals surface area contributed by atoms with E-state index < -0.39 is 0 Å². The van der Waals surface area contributed by atoms with Gasteiger partial charge in [0, 0.05) is 19.3 Å². The van der Waals surface area contributed by atoms with E-state index in [1.54, 1.807) is 24.1 Å². The van der Waals surface area contributed by atoms with E-state index in [9.17, 15) is 9.18 Å². The summed E-state index contributed by atoms with van der Waals surface area (Å²) in [6.07, 6.45) is 0. The monoisotopic (exact) mass is 476 g/mol. The maximum absolute atomic E-state index is 13.5. The summed E-state index contributed by atoms with van der Waals surface area (Å²) >= 11 is 1.31. The van der Waals surface area contributed by atoms with Gasteiger partial charge in [-0.3, -0.25) is 9.36 Å². The van der Waals surface area contributed by atoms with Gasteiger partial charge in [-0.1, -0.05) is 60.3 Å². The molecule has 0 radical (unpaired) electrons. The number of halogens is 1. The van der Waals surface area contributed by atoms with Crippen LogP contribution in [0.25, 0.3) is 5.69 Å². The van der Waals surface area contributed by atoms with Crippen LogP contribution in [-0.2, 0) is 17.9 Å². The lowest BCUT2D eigenvalue weighted by Gasteiger charge is -2.17. The van der Waals surface area contributed by atoms with E-state index in [2.05, 4.69) is 10.2 Å². The number of thioether (sulfide) groups is 1. The van der Waals surface area contributed by atoms with E-state index in [0.29, 0.717) is 17.5 Å². The number of carbonyl (C=O) groups excluding carboxylic acids is 1. The Morgan fingerprint density at radius 2 is 1.79 bits per heavy atom. The molecule has 1 amide bonds. The molecule has 1 heterocycles. The van der Waals surface area contributed by atoms with Gasteiger partial charge in [-0.15, -0.1) is 10.2 Å². The second kappa shape index (κ2) is 11.0. The quantitative estimate of drug-likeness (QED) is 0.317. The molecular formula is C26H25FN4O2S. The molecule has 8 heteroatoms. The van der Waals surface area contributed by atoms with Crippen LogP contribution in [0, 0.1) is 12.7 Å². The molecule has 0 spiro atoms. The Morgan fingerprint density at radius 3 is 2.56 bits per heavy atom. The molecule has 0 bridgehead atoms. The van der Waals surface area contributed by atoms with Gasteiger partial charge in [0.05, 0.1) is 5.75 Å². The SMILES string of the molecule is Cc1ccccc1OCc1nnc(SCC(=O)N(C)Cc2cccc(F)c2)n1-c1ccccc1. The summed E-state index contributed by atoms with van der Waals surface area (Å²) < 4.78 is 21.4. The zero-order valence-corrected chi connectivity index (χ0v) is 19.8. The van der Waals surface area contributed by atoms with Gasteiger partial charge >= 0.3 is 0 Å². The van der Waals surface area contributed by atoms with Crippen molar-refractivity contribution in [1.82, 2.24) is 19.7 Å². The Kier molecular flexibility index (Phi) is 7.59. The molecule has 0 aliphatic heterocycles. The predicted molar refractivity (Wildman–Crippen MR) is 130 cm³/mol. The fourth-order valence-corrected chi connectivity index (χ4v) is 4.33. The normalized spacial score (nSPS) is 10.8. The number of aromatic nitrogens is 3. The summed E-state index contributed by atoms with van der Waals surface area (Å²) in [7, 11) is 1.71. The van der Waals surface area contributed by atoms with E-state index in [-0.39, 0.29) is 24.1 Å². The fraction of sp³-hybridized carbons (Fsp3) is 0.192. The first-order valence-corrected chi connectivity index (χ1v) is 11.8. The van der Waals surface area contributed by atoms with Crippen molar-refractivity contribution < 1.29 is 13.9 Å². The summed E-state index contributed by atoms with van der Waals surface area (Å²) in [5.41, 5.74) is 2.66. The number of ether oxygens (including phenoxy) is 1. The molecule has 1 aromatic heterocycles. The second-order valence-corrected chi connectivity index (χ2v) is 8.73. The first-order chi connectivity index (χ1) is 16.5. The van der Waals surface area contributed by atoms with Crippen LogP contribution in [-0.4, -0.2) is 38.4 Å². The zero-order valence-electron chi connectivity index (χ0n) is 19.0. The third-order valence-corrected chi connectivity index (χ3v) is 6.14. The average Bonchev–Trinajstić information content (AvgIpc) is 3.25. The summed E-state index contributed by atoms with van der Waals surface area (Å²) in [6, 6.07) is 23.8. The van der Waals surface area contributed by atoms with Crippen LogP contribution >= 0.6 is 11.8 Å². The molecule has 174 valence electrons. The molecule has 0 aliphatic carbocycles. The Balaban J connectivity index is 1.47. The Labute approximate surface area is 202 Å². The zero-order chi connectivity index (χ0) is 23.9. The first kappa shape index (κ1) is 23.5. The molecule has 0 fully saturated rings. The average molecular weight is 477 g/mol. The van der Waals surface area contributed by atoms with Crippen molar-refractivity contribution in [2.75, 3.05) is 12.8 Å². The molecular weight excluding hydrogens is 451 g/mol. The molecule has 0 saturated carbocycles. The van der Waals surface area contributed by atoms with E-state index in [4.69, 9.17) is 4.74 Å². The van der Waals surface area contributed by atoms with Crippen LogP contribution in [0.15, 0.2) is 84.0 Å². The molecule has 0 atom stereocenters. The van der Waals surface area contributed by atoms with Crippen molar-refractivity contribution in [3.05, 3.63) is 102 Å². The van der Waals surface area contributed by atoms with Gasteiger partial charge in [0.1, 0.15) is 18.2 Å². The number of benzene rings is 3. The van der Waals surface area contributed by atoms with Crippen molar-refractivity contribution in [2.45, 2.75) is 25.2 Å². The topological polar surface area (TPSA) is 60.3 Å². The number of rotatable bonds is 9. The van der Waals surface area contributed by atoms with Crippen LogP contribution in [0.5, 0.6) is 5.75 Å². The Bertz CT molecular complexity index is 1260. The Morgan fingerprint density at radius 1 is 1.03 bits per heavy atom. The fourth-order valence-electron chi connectivity index (χ4n) is 3.42. The van der Waals surface area contributed by atoms with Crippen molar-refractivity contribution in [2.24, 2.45) is 0 Å². The number of aryl methyl sites for hydroxylation is 1. The molecule has 0 saturated heterocycles. The first-order valence-electron chi connectivity index (χ1n) is 10.8. The van der Waals surface area contributed by atoms with Crippen LogP contribution in [0.2, 0.25) is 0 Å². The lowest BCUT2D eigenvalue weighted by Crippen LogP contribution is -2.28. The Hall–Kier alpha value is -3.65. The summed E-state index contributed by atoms with van der Waals surface area (Å²) in [5.74, 6) is 1.19. The van der Waals surface area contributed by atoms with Gasteiger partial charge in [0.25, 0.3) is 0 Å². The van der Waals surface area contributed by atoms with Crippen LogP contribution in [0.4, 0.5) is 4.39 Å². The number of para-hydroxylation sites is 2. The molecule has 0 aliphatic rings. The standard InChI is InChI=1S/C26H25FN4O2S/c1-19-9-6-7-14-23(19)33-17-24-28-29-26(31(24)22-12-4-3-5-13-22)34-18-25(32)30(2)16-20-10-8-11-21(27)15-20/h3-15H,16-18H2,1-2H3. The smallest absolute Gasteiger partial charge is 0.233 e. The molecule has 4 rings (SSSR count). The van der Waals surface area contributed by atoms with Crippen molar-refractivity contribution in [3.63, 3.8) is 0 Å². The highest BCUT2D eigenvalue weighted by Gasteiger charge is 2.18. The molecule has 4 aromatic rings. The van der Waals surface area contributed by atoms with Gasteiger partial charge in [-0.05, 0) is 48.4 Å². The number of hydrogen-bond acceptors (Lipinski definition) is 5. The minimum Gasteiger partial charge on any atom is -0.485 e. The van der Waals surface area contributed by atoms with Gasteiger partial charge < -0.3 is 9.64 Å². The molecule has 0 unspecified atom stereocenters. The van der Waals surface area contributed by atoms with Gasteiger partial charge in [-0.2, -0.15) is 0 Å². The molecule has 3 aromatic carbocycles. The molecule has 0 N–H and O–H groups in total. The number of hydrogen-bond donors (Lipinski definition) is 0. The van der Waals surface area contributed by atoms with Crippen LogP contribution < -0.4 is 4.74 Å². The maximum Gasteiger partial charge on any atom is 0.233 e. The highest BCUT2D eigenvalue weighted by atomic mass is 32.2. The highest BCUT2D eigenvalue weighted by molar-refractivity contribution is 7.99. The third kappa shape index (κ3) is 5.82. The van der Waals surface area contributed by atoms with Gasteiger partial charge in [0.2, 0.25) is 5.91 Å². The van der Waals surface area contributed by atoms with E-state index in [1.165, 1.54) is 23.9 Å². The number of amides is 1.